The number of anilines is 2. The number of hydrogen-bond donors (Lipinski definition) is 2. The first-order chi connectivity index (χ1) is 16.7. The summed E-state index contributed by atoms with van der Waals surface area (Å²) in [4.78, 5) is 0. The Bertz CT molecular complexity index is 1160. The molecular weight excluding hydrogens is 436 g/mol. The fourth-order valence-electron chi connectivity index (χ4n) is 5.38. The molecule has 4 N–H and O–H groups in total. The van der Waals surface area contributed by atoms with Gasteiger partial charge in [-0.1, -0.05) is 118 Å². The van der Waals surface area contributed by atoms with Crippen LogP contribution in [0.3, 0.4) is 0 Å². The molecule has 0 radical (unpaired) electrons. The van der Waals surface area contributed by atoms with E-state index in [4.69, 9.17) is 11.5 Å². The number of rotatable bonds is 8. The van der Waals surface area contributed by atoms with Crippen molar-refractivity contribution in [2.75, 3.05) is 11.5 Å². The lowest BCUT2D eigenvalue weighted by Crippen LogP contribution is -2.23. The molecule has 0 unspecified atom stereocenters. The van der Waals surface area contributed by atoms with Crippen LogP contribution in [0.1, 0.15) is 126 Å². The van der Waals surface area contributed by atoms with Crippen molar-refractivity contribution < 1.29 is 0 Å². The minimum absolute atomic E-state index is 0.110. The van der Waals surface area contributed by atoms with E-state index in [1.165, 1.54) is 44.5 Å². The first-order valence-electron chi connectivity index (χ1n) is 13.7. The van der Waals surface area contributed by atoms with Crippen LogP contribution < -0.4 is 11.5 Å². The number of benzene rings is 3. The normalized spacial score (nSPS) is 12.6. The molecule has 194 valence electrons. The number of nitrogens with two attached hydrogens (primary N) is 2. The fraction of sp³-hybridized carbons (Fsp3) is 0.471. The zero-order valence-corrected chi connectivity index (χ0v) is 24.3. The molecule has 2 heteroatoms. The molecular formula is C34H48N2. The Morgan fingerprint density at radius 1 is 0.556 bits per heavy atom. The second-order valence-corrected chi connectivity index (χ2v) is 12.1. The first-order valence-corrected chi connectivity index (χ1v) is 13.7. The van der Waals surface area contributed by atoms with Crippen LogP contribution in [0.2, 0.25) is 0 Å². The average Bonchev–Trinajstić information content (AvgIpc) is 2.83. The predicted molar refractivity (Wildman–Crippen MR) is 159 cm³/mol. The Morgan fingerprint density at radius 2 is 0.889 bits per heavy atom. The van der Waals surface area contributed by atoms with Gasteiger partial charge < -0.3 is 11.5 Å². The number of hydrogen-bond acceptors (Lipinski definition) is 2. The fourth-order valence-corrected chi connectivity index (χ4v) is 5.38. The standard InChI is InChI=1S/C34H48N2/c1-11-23-17-27(18-24(12-2)31(23)35)33(7,8)25-13-15-26(16-14-25)34(9,10)28-19-29(21(3)4)32(36)30(20-28)22(5)6/h13-22H,11-12,35-36H2,1-10H3. The summed E-state index contributed by atoms with van der Waals surface area (Å²) >= 11 is 0. The summed E-state index contributed by atoms with van der Waals surface area (Å²) in [6.07, 6.45) is 1.91. The predicted octanol–water partition coefficient (Wildman–Crippen LogP) is 8.87. The second-order valence-electron chi connectivity index (χ2n) is 12.1. The SMILES string of the molecule is CCc1cc(C(C)(C)c2ccc(C(C)(C)c3cc(C(C)C)c(N)c(C(C)C)c3)cc2)cc(CC)c1N. The molecule has 0 aliphatic rings. The highest BCUT2D eigenvalue weighted by Crippen LogP contribution is 2.40. The van der Waals surface area contributed by atoms with Crippen molar-refractivity contribution in [3.8, 4) is 0 Å². The monoisotopic (exact) mass is 484 g/mol. The maximum Gasteiger partial charge on any atom is 0.0384 e. The van der Waals surface area contributed by atoms with Crippen LogP contribution in [0.25, 0.3) is 0 Å². The van der Waals surface area contributed by atoms with Gasteiger partial charge >= 0.3 is 0 Å². The first kappa shape index (κ1) is 27.8. The van der Waals surface area contributed by atoms with Gasteiger partial charge in [-0.05, 0) is 69.2 Å². The Labute approximate surface area is 220 Å². The summed E-state index contributed by atoms with van der Waals surface area (Å²) in [5, 5.41) is 0. The van der Waals surface area contributed by atoms with Gasteiger partial charge in [0.1, 0.15) is 0 Å². The third-order valence-corrected chi connectivity index (χ3v) is 8.37. The summed E-state index contributed by atoms with van der Waals surface area (Å²) in [7, 11) is 0. The lowest BCUT2D eigenvalue weighted by molar-refractivity contribution is 0.623. The van der Waals surface area contributed by atoms with Gasteiger partial charge in [-0.2, -0.15) is 0 Å². The van der Waals surface area contributed by atoms with Gasteiger partial charge in [-0.15, -0.1) is 0 Å². The number of aryl methyl sites for hydroxylation is 2. The molecule has 0 heterocycles. The molecule has 0 bridgehead atoms. The largest absolute Gasteiger partial charge is 0.398 e. The summed E-state index contributed by atoms with van der Waals surface area (Å²) in [5.41, 5.74) is 25.0. The lowest BCUT2D eigenvalue weighted by atomic mass is 9.73. The minimum atomic E-state index is -0.129. The highest BCUT2D eigenvalue weighted by atomic mass is 14.6. The van der Waals surface area contributed by atoms with Gasteiger partial charge in [0.2, 0.25) is 0 Å². The molecule has 0 amide bonds. The van der Waals surface area contributed by atoms with Gasteiger partial charge in [0.25, 0.3) is 0 Å². The molecule has 0 saturated heterocycles. The van der Waals surface area contributed by atoms with Crippen molar-refractivity contribution in [1.82, 2.24) is 0 Å². The maximum absolute atomic E-state index is 6.60. The highest BCUT2D eigenvalue weighted by Gasteiger charge is 2.29. The maximum atomic E-state index is 6.60. The highest BCUT2D eigenvalue weighted by molar-refractivity contribution is 5.61. The molecule has 0 spiro atoms. The Kier molecular flexibility index (Phi) is 7.98. The zero-order valence-electron chi connectivity index (χ0n) is 24.3. The quantitative estimate of drug-likeness (QED) is 0.314. The van der Waals surface area contributed by atoms with E-state index in [1.54, 1.807) is 0 Å². The molecule has 0 fully saturated rings. The van der Waals surface area contributed by atoms with E-state index in [0.29, 0.717) is 11.8 Å². The van der Waals surface area contributed by atoms with Crippen LogP contribution in [0.5, 0.6) is 0 Å². The van der Waals surface area contributed by atoms with Crippen LogP contribution in [0.4, 0.5) is 11.4 Å². The van der Waals surface area contributed by atoms with Gasteiger partial charge in [-0.3, -0.25) is 0 Å². The van der Waals surface area contributed by atoms with E-state index in [9.17, 15) is 0 Å². The van der Waals surface area contributed by atoms with E-state index in [2.05, 4.69) is 118 Å². The third kappa shape index (κ3) is 5.05. The second kappa shape index (κ2) is 10.3. The Balaban J connectivity index is 2.05. The average molecular weight is 485 g/mol. The van der Waals surface area contributed by atoms with E-state index in [0.717, 1.165) is 24.2 Å². The Hall–Kier alpha value is -2.74. The van der Waals surface area contributed by atoms with Crippen molar-refractivity contribution in [1.29, 1.82) is 0 Å². The molecule has 0 saturated carbocycles. The van der Waals surface area contributed by atoms with E-state index in [1.807, 2.05) is 0 Å². The number of nitrogen functional groups attached to an aromatic ring is 2. The molecule has 0 atom stereocenters. The van der Waals surface area contributed by atoms with E-state index >= 15 is 0 Å². The summed E-state index contributed by atoms with van der Waals surface area (Å²) in [6.45, 7) is 22.6. The van der Waals surface area contributed by atoms with Gasteiger partial charge in [-0.25, -0.2) is 0 Å². The van der Waals surface area contributed by atoms with Crippen LogP contribution in [0.15, 0.2) is 48.5 Å². The van der Waals surface area contributed by atoms with Crippen molar-refractivity contribution in [3.05, 3.63) is 93.0 Å². The van der Waals surface area contributed by atoms with Crippen molar-refractivity contribution in [2.45, 2.75) is 105 Å². The molecule has 0 aliphatic carbocycles. The van der Waals surface area contributed by atoms with Gasteiger partial charge in [0.05, 0.1) is 0 Å². The smallest absolute Gasteiger partial charge is 0.0384 e. The van der Waals surface area contributed by atoms with E-state index in [-0.39, 0.29) is 10.8 Å². The van der Waals surface area contributed by atoms with Crippen LogP contribution in [-0.4, -0.2) is 0 Å². The van der Waals surface area contributed by atoms with Crippen molar-refractivity contribution in [3.63, 3.8) is 0 Å². The molecule has 3 rings (SSSR count). The topological polar surface area (TPSA) is 52.0 Å². The summed E-state index contributed by atoms with van der Waals surface area (Å²) in [6, 6.07) is 18.5. The minimum Gasteiger partial charge on any atom is -0.398 e. The molecule has 3 aromatic carbocycles. The van der Waals surface area contributed by atoms with Crippen LogP contribution >= 0.6 is 0 Å². The lowest BCUT2D eigenvalue weighted by Gasteiger charge is -2.31. The van der Waals surface area contributed by atoms with Crippen molar-refractivity contribution >= 4 is 11.4 Å². The molecule has 3 aromatic rings. The van der Waals surface area contributed by atoms with Gasteiger partial charge in [0.15, 0.2) is 0 Å². The molecule has 36 heavy (non-hydrogen) atoms. The third-order valence-electron chi connectivity index (χ3n) is 8.37. The van der Waals surface area contributed by atoms with E-state index < -0.39 is 0 Å². The van der Waals surface area contributed by atoms with Crippen molar-refractivity contribution in [2.24, 2.45) is 0 Å². The molecule has 2 nitrogen and oxygen atoms in total. The van der Waals surface area contributed by atoms with Crippen LogP contribution in [-0.2, 0) is 23.7 Å². The molecule has 0 aromatic heterocycles. The summed E-state index contributed by atoms with van der Waals surface area (Å²) in [5.74, 6) is 0.782. The Morgan fingerprint density at radius 3 is 1.19 bits per heavy atom. The van der Waals surface area contributed by atoms with Gasteiger partial charge in [0, 0.05) is 22.2 Å². The summed E-state index contributed by atoms with van der Waals surface area (Å²) < 4.78 is 0. The van der Waals surface area contributed by atoms with Crippen LogP contribution in [0, 0.1) is 0 Å². The zero-order chi connectivity index (χ0) is 27.0. The molecule has 0 aliphatic heterocycles.